The Morgan fingerprint density at radius 3 is 2.55 bits per heavy atom. The van der Waals surface area contributed by atoms with Gasteiger partial charge in [0.1, 0.15) is 18.4 Å². The van der Waals surface area contributed by atoms with Gasteiger partial charge in [0.25, 0.3) is 11.8 Å². The molecule has 0 fully saturated rings. The van der Waals surface area contributed by atoms with Gasteiger partial charge in [-0.15, -0.1) is 0 Å². The third-order valence-corrected chi connectivity index (χ3v) is 5.48. The summed E-state index contributed by atoms with van der Waals surface area (Å²) < 4.78 is 6.24. The quantitative estimate of drug-likeness (QED) is 0.267. The lowest BCUT2D eigenvalue weighted by molar-refractivity contribution is -0.123. The number of benzene rings is 2. The van der Waals surface area contributed by atoms with Crippen LogP contribution < -0.4 is 15.5 Å². The van der Waals surface area contributed by atoms with Crippen molar-refractivity contribution < 1.29 is 14.3 Å². The molecule has 0 heterocycles. The highest BCUT2D eigenvalue weighted by atomic mass is 79.9. The van der Waals surface area contributed by atoms with Gasteiger partial charge in [0.15, 0.2) is 0 Å². The van der Waals surface area contributed by atoms with Crippen molar-refractivity contribution in [2.45, 2.75) is 19.9 Å². The van der Waals surface area contributed by atoms with Crippen molar-refractivity contribution >= 4 is 57.2 Å². The smallest absolute Gasteiger partial charge is 0.262 e. The third kappa shape index (κ3) is 7.38. The molecule has 0 aromatic heterocycles. The number of hydrogen-bond acceptors (Lipinski definition) is 4. The van der Waals surface area contributed by atoms with Crippen LogP contribution in [0.3, 0.4) is 0 Å². The molecule has 0 aliphatic rings. The van der Waals surface area contributed by atoms with Crippen LogP contribution in [-0.4, -0.2) is 30.7 Å². The Bertz CT molecular complexity index is 996. The number of halogens is 3. The number of nitrogens with one attached hydrogen (secondary N) is 2. The molecule has 0 saturated carbocycles. The zero-order valence-corrected chi connectivity index (χ0v) is 20.1. The molecular weight excluding hydrogens is 505 g/mol. The number of carbonyl (C=O) groups is 2. The minimum atomic E-state index is -0.791. The van der Waals surface area contributed by atoms with Crippen molar-refractivity contribution in [1.82, 2.24) is 10.7 Å². The molecule has 0 bridgehead atoms. The summed E-state index contributed by atoms with van der Waals surface area (Å²) in [4.78, 5) is 25.1. The molecule has 2 rings (SSSR count). The lowest BCUT2D eigenvalue weighted by Crippen LogP contribution is -2.48. The first kappa shape index (κ1) is 24.9. The number of rotatable bonds is 9. The minimum Gasteiger partial charge on any atom is -0.488 e. The van der Waals surface area contributed by atoms with Gasteiger partial charge in [0.05, 0.1) is 20.7 Å². The molecule has 2 amide bonds. The molecule has 31 heavy (non-hydrogen) atoms. The zero-order chi connectivity index (χ0) is 23.0. The van der Waals surface area contributed by atoms with Crippen LogP contribution >= 0.6 is 39.1 Å². The second kappa shape index (κ2) is 11.9. The summed E-state index contributed by atoms with van der Waals surface area (Å²) in [7, 11) is 0. The molecule has 2 N–H and O–H groups in total. The second-order valence-electron chi connectivity index (χ2n) is 6.85. The summed E-state index contributed by atoms with van der Waals surface area (Å²) in [5.41, 5.74) is 3.52. The number of amides is 2. The maximum atomic E-state index is 12.6. The van der Waals surface area contributed by atoms with E-state index in [-0.39, 0.29) is 10.9 Å². The average Bonchev–Trinajstić information content (AvgIpc) is 2.72. The Morgan fingerprint density at radius 2 is 1.94 bits per heavy atom. The van der Waals surface area contributed by atoms with Gasteiger partial charge in [-0.25, -0.2) is 5.43 Å². The molecule has 2 aromatic carbocycles. The first-order valence-corrected chi connectivity index (χ1v) is 10.9. The van der Waals surface area contributed by atoms with E-state index in [0.717, 1.165) is 10.0 Å². The lowest BCUT2D eigenvalue weighted by Gasteiger charge is -2.20. The standard InChI is InChI=1S/C22H22BrCl2N3O3/c1-4-9-31-19-8-5-14(10-16(19)23)12-26-28-22(30)20(13(2)3)27-21(29)15-6-7-17(24)18(25)11-15/h4-8,10-13,20H,1,9H2,2-3H3,(H,27,29)(H,28,30). The van der Waals surface area contributed by atoms with E-state index < -0.39 is 17.9 Å². The summed E-state index contributed by atoms with van der Waals surface area (Å²) in [6.45, 7) is 7.65. The Balaban J connectivity index is 2.02. The largest absolute Gasteiger partial charge is 0.488 e. The topological polar surface area (TPSA) is 79.8 Å². The van der Waals surface area contributed by atoms with E-state index in [4.69, 9.17) is 27.9 Å². The Labute approximate surface area is 199 Å². The van der Waals surface area contributed by atoms with E-state index in [0.29, 0.717) is 22.9 Å². The Morgan fingerprint density at radius 1 is 1.19 bits per heavy atom. The summed E-state index contributed by atoms with van der Waals surface area (Å²) in [5.74, 6) is -0.372. The van der Waals surface area contributed by atoms with Gasteiger partial charge < -0.3 is 10.1 Å². The highest BCUT2D eigenvalue weighted by molar-refractivity contribution is 9.10. The number of carbonyl (C=O) groups excluding carboxylic acids is 2. The van der Waals surface area contributed by atoms with E-state index >= 15 is 0 Å². The molecule has 9 heteroatoms. The van der Waals surface area contributed by atoms with Crippen LogP contribution in [0.1, 0.15) is 29.8 Å². The Kier molecular flexibility index (Phi) is 9.55. The molecule has 164 valence electrons. The molecule has 0 aliphatic heterocycles. The van der Waals surface area contributed by atoms with Gasteiger partial charge >= 0.3 is 0 Å². The van der Waals surface area contributed by atoms with E-state index in [1.54, 1.807) is 24.3 Å². The van der Waals surface area contributed by atoms with Crippen LogP contribution in [0.15, 0.2) is 58.6 Å². The summed E-state index contributed by atoms with van der Waals surface area (Å²) in [5, 5.41) is 7.30. The van der Waals surface area contributed by atoms with Crippen LogP contribution in [0, 0.1) is 5.92 Å². The maximum Gasteiger partial charge on any atom is 0.262 e. The van der Waals surface area contributed by atoms with Crippen LogP contribution in [0.4, 0.5) is 0 Å². The number of nitrogens with zero attached hydrogens (tertiary/aromatic N) is 1. The molecule has 2 aromatic rings. The van der Waals surface area contributed by atoms with Gasteiger partial charge in [-0.1, -0.05) is 49.7 Å². The summed E-state index contributed by atoms with van der Waals surface area (Å²) in [6, 6.07) is 9.11. The fourth-order valence-corrected chi connectivity index (χ4v) is 3.31. The Hall–Kier alpha value is -2.35. The highest BCUT2D eigenvalue weighted by Gasteiger charge is 2.24. The van der Waals surface area contributed by atoms with Gasteiger partial charge in [0.2, 0.25) is 0 Å². The monoisotopic (exact) mass is 525 g/mol. The molecule has 0 saturated heterocycles. The highest BCUT2D eigenvalue weighted by Crippen LogP contribution is 2.25. The lowest BCUT2D eigenvalue weighted by atomic mass is 10.0. The number of ether oxygens (including phenoxy) is 1. The van der Waals surface area contributed by atoms with Gasteiger partial charge in [-0.3, -0.25) is 9.59 Å². The SMILES string of the molecule is C=CCOc1ccc(C=NNC(=O)C(NC(=O)c2ccc(Cl)c(Cl)c2)C(C)C)cc1Br. The van der Waals surface area contributed by atoms with Crippen molar-refractivity contribution in [3.8, 4) is 5.75 Å². The van der Waals surface area contributed by atoms with Gasteiger partial charge in [-0.2, -0.15) is 5.10 Å². The molecule has 1 atom stereocenters. The van der Waals surface area contributed by atoms with E-state index in [1.807, 2.05) is 13.8 Å². The first-order valence-electron chi connectivity index (χ1n) is 9.35. The van der Waals surface area contributed by atoms with Crippen LogP contribution in [0.25, 0.3) is 0 Å². The van der Waals surface area contributed by atoms with Gasteiger partial charge in [-0.05, 0) is 63.8 Å². The fraction of sp³-hybridized carbons (Fsp3) is 0.227. The van der Waals surface area contributed by atoms with Crippen molar-refractivity contribution in [2.75, 3.05) is 6.61 Å². The van der Waals surface area contributed by atoms with Crippen LogP contribution in [0.2, 0.25) is 10.0 Å². The first-order chi connectivity index (χ1) is 14.7. The fourth-order valence-electron chi connectivity index (χ4n) is 2.50. The van der Waals surface area contributed by atoms with Crippen molar-refractivity contribution in [1.29, 1.82) is 0 Å². The van der Waals surface area contributed by atoms with Crippen molar-refractivity contribution in [2.24, 2.45) is 11.0 Å². The molecule has 6 nitrogen and oxygen atoms in total. The molecular formula is C22H22BrCl2N3O3. The average molecular weight is 527 g/mol. The maximum absolute atomic E-state index is 12.6. The van der Waals surface area contributed by atoms with Crippen molar-refractivity contribution in [3.05, 3.63) is 74.7 Å². The van der Waals surface area contributed by atoms with E-state index in [2.05, 4.69) is 38.4 Å². The number of hydrazone groups is 1. The predicted molar refractivity (Wildman–Crippen MR) is 128 cm³/mol. The zero-order valence-electron chi connectivity index (χ0n) is 17.0. The van der Waals surface area contributed by atoms with Crippen molar-refractivity contribution in [3.63, 3.8) is 0 Å². The van der Waals surface area contributed by atoms with Crippen LogP contribution in [0.5, 0.6) is 5.75 Å². The summed E-state index contributed by atoms with van der Waals surface area (Å²) in [6.07, 6.45) is 3.15. The van der Waals surface area contributed by atoms with E-state index in [9.17, 15) is 9.59 Å². The third-order valence-electron chi connectivity index (χ3n) is 4.12. The van der Waals surface area contributed by atoms with Crippen LogP contribution in [-0.2, 0) is 4.79 Å². The molecule has 0 radical (unpaired) electrons. The summed E-state index contributed by atoms with van der Waals surface area (Å²) >= 11 is 15.3. The second-order valence-corrected chi connectivity index (χ2v) is 8.52. The molecule has 0 spiro atoms. The number of hydrogen-bond donors (Lipinski definition) is 2. The molecule has 0 aliphatic carbocycles. The predicted octanol–water partition coefficient (Wildman–Crippen LogP) is 5.23. The van der Waals surface area contributed by atoms with Gasteiger partial charge in [0, 0.05) is 5.56 Å². The van der Waals surface area contributed by atoms with E-state index in [1.165, 1.54) is 24.4 Å². The minimum absolute atomic E-state index is 0.169. The molecule has 1 unspecified atom stereocenters. The normalized spacial score (nSPS) is 11.9.